The summed E-state index contributed by atoms with van der Waals surface area (Å²) >= 11 is 0. The topological polar surface area (TPSA) is 87.4 Å². The summed E-state index contributed by atoms with van der Waals surface area (Å²) in [5.41, 5.74) is 0.455. The first-order valence-corrected chi connectivity index (χ1v) is 6.91. The molecule has 1 aliphatic heterocycles. The van der Waals surface area contributed by atoms with Crippen LogP contribution < -0.4 is 10.5 Å². The van der Waals surface area contributed by atoms with E-state index in [0.717, 1.165) is 26.2 Å². The molecule has 110 valence electrons. The van der Waals surface area contributed by atoms with Gasteiger partial charge in [0.15, 0.2) is 11.2 Å². The van der Waals surface area contributed by atoms with Gasteiger partial charge in [0, 0.05) is 33.2 Å². The maximum atomic E-state index is 12.1. The predicted molar refractivity (Wildman–Crippen MR) is 80.2 cm³/mol. The Kier molecular flexibility index (Phi) is 3.60. The van der Waals surface area contributed by atoms with Crippen LogP contribution in [0.4, 0.5) is 5.82 Å². The molecule has 0 aromatic carbocycles. The highest BCUT2D eigenvalue weighted by atomic mass is 16.2. The van der Waals surface area contributed by atoms with E-state index in [2.05, 4.69) is 19.9 Å². The van der Waals surface area contributed by atoms with Crippen molar-refractivity contribution in [2.24, 2.45) is 7.05 Å². The Hall–Kier alpha value is -2.00. The molecule has 0 spiro atoms. The molecule has 3 rings (SSSR count). The normalized spacial score (nSPS) is 16.4. The second kappa shape index (κ2) is 5.42. The maximum Gasteiger partial charge on any atom is 0.376 e. The van der Waals surface area contributed by atoms with Gasteiger partial charge in [0.05, 0.1) is 12.5 Å². The van der Waals surface area contributed by atoms with Gasteiger partial charge in [-0.1, -0.05) is 0 Å². The average molecular weight is 288 g/mol. The van der Waals surface area contributed by atoms with E-state index in [4.69, 9.17) is 0 Å². The SMILES string of the molecule is CB(O)N1CCN(c2cnc3ncn(C)c(=O)c3n2)CC1. The number of hydrogen-bond donors (Lipinski definition) is 1. The third-order valence-electron chi connectivity index (χ3n) is 3.78. The lowest BCUT2D eigenvalue weighted by atomic mass is 9.84. The monoisotopic (exact) mass is 288 g/mol. The van der Waals surface area contributed by atoms with Gasteiger partial charge < -0.3 is 19.3 Å². The van der Waals surface area contributed by atoms with Crippen LogP contribution in [0, 0.1) is 0 Å². The molecule has 1 saturated heterocycles. The number of aryl methyl sites for hydroxylation is 1. The molecule has 0 amide bonds. The largest absolute Gasteiger partial charge is 0.437 e. The molecule has 8 nitrogen and oxygen atoms in total. The summed E-state index contributed by atoms with van der Waals surface area (Å²) in [6.07, 6.45) is 3.09. The molecule has 1 fully saturated rings. The van der Waals surface area contributed by atoms with Crippen LogP contribution in [0.15, 0.2) is 17.3 Å². The summed E-state index contributed by atoms with van der Waals surface area (Å²) < 4.78 is 1.40. The highest BCUT2D eigenvalue weighted by Crippen LogP contribution is 2.14. The Morgan fingerprint density at radius 1 is 1.24 bits per heavy atom. The van der Waals surface area contributed by atoms with Crippen LogP contribution in [0.1, 0.15) is 0 Å². The number of hydrogen-bond acceptors (Lipinski definition) is 7. The Bertz CT molecular complexity index is 710. The lowest BCUT2D eigenvalue weighted by molar-refractivity contribution is 0.344. The molecule has 2 aromatic heterocycles. The Morgan fingerprint density at radius 3 is 2.62 bits per heavy atom. The number of anilines is 1. The molecule has 0 bridgehead atoms. The molecule has 21 heavy (non-hydrogen) atoms. The van der Waals surface area contributed by atoms with Crippen molar-refractivity contribution in [1.29, 1.82) is 0 Å². The average Bonchev–Trinajstić information content (AvgIpc) is 2.51. The second-order valence-corrected chi connectivity index (χ2v) is 5.22. The maximum absolute atomic E-state index is 12.1. The van der Waals surface area contributed by atoms with Crippen molar-refractivity contribution >= 4 is 24.0 Å². The molecule has 0 radical (unpaired) electrons. The number of fused-ring (bicyclic) bond motifs is 1. The molecular weight excluding hydrogens is 271 g/mol. The van der Waals surface area contributed by atoms with Crippen molar-refractivity contribution in [2.45, 2.75) is 6.82 Å². The van der Waals surface area contributed by atoms with Crippen molar-refractivity contribution in [3.8, 4) is 0 Å². The van der Waals surface area contributed by atoms with Crippen LogP contribution in [-0.2, 0) is 7.05 Å². The third-order valence-corrected chi connectivity index (χ3v) is 3.78. The smallest absolute Gasteiger partial charge is 0.376 e. The van der Waals surface area contributed by atoms with Gasteiger partial charge in [-0.25, -0.2) is 15.0 Å². The zero-order valence-electron chi connectivity index (χ0n) is 12.1. The standard InChI is InChI=1S/C12H17BN6O2/c1-13(21)19-5-3-18(4-6-19)9-7-14-11-10(16-9)12(20)17(2)8-15-11/h7-8,21H,3-6H2,1-2H3. The van der Waals surface area contributed by atoms with E-state index >= 15 is 0 Å². The fourth-order valence-electron chi connectivity index (χ4n) is 2.45. The van der Waals surface area contributed by atoms with Crippen molar-refractivity contribution in [2.75, 3.05) is 31.1 Å². The Labute approximate surface area is 122 Å². The van der Waals surface area contributed by atoms with Crippen molar-refractivity contribution in [3.63, 3.8) is 0 Å². The lowest BCUT2D eigenvalue weighted by Crippen LogP contribution is -2.51. The fourth-order valence-corrected chi connectivity index (χ4v) is 2.45. The summed E-state index contributed by atoms with van der Waals surface area (Å²) in [6, 6.07) is 0. The van der Waals surface area contributed by atoms with Gasteiger partial charge in [-0.3, -0.25) is 4.79 Å². The second-order valence-electron chi connectivity index (χ2n) is 5.22. The van der Waals surface area contributed by atoms with Crippen LogP contribution in [-0.4, -0.2) is 62.6 Å². The summed E-state index contributed by atoms with van der Waals surface area (Å²) in [4.78, 5) is 28.9. The molecule has 2 aromatic rings. The zero-order valence-corrected chi connectivity index (χ0v) is 12.1. The molecule has 3 heterocycles. The van der Waals surface area contributed by atoms with Crippen LogP contribution >= 0.6 is 0 Å². The first-order chi connectivity index (χ1) is 10.1. The number of rotatable bonds is 2. The van der Waals surface area contributed by atoms with Crippen LogP contribution in [0.3, 0.4) is 0 Å². The van der Waals surface area contributed by atoms with E-state index in [1.807, 2.05) is 4.81 Å². The van der Waals surface area contributed by atoms with Gasteiger partial charge in [-0.15, -0.1) is 0 Å². The van der Waals surface area contributed by atoms with E-state index in [-0.39, 0.29) is 11.1 Å². The number of nitrogens with zero attached hydrogens (tertiary/aromatic N) is 6. The van der Waals surface area contributed by atoms with E-state index in [1.54, 1.807) is 20.1 Å². The summed E-state index contributed by atoms with van der Waals surface area (Å²) in [7, 11) is 1.20. The number of piperazine rings is 1. The summed E-state index contributed by atoms with van der Waals surface area (Å²) in [5.74, 6) is 0.679. The third kappa shape index (κ3) is 2.61. The zero-order chi connectivity index (χ0) is 15.0. The first kappa shape index (κ1) is 14.0. The Morgan fingerprint density at radius 2 is 1.95 bits per heavy atom. The van der Waals surface area contributed by atoms with Gasteiger partial charge in [0.2, 0.25) is 0 Å². The molecule has 1 N–H and O–H groups in total. The van der Waals surface area contributed by atoms with Gasteiger partial charge in [-0.2, -0.15) is 0 Å². The minimum atomic E-state index is -0.439. The molecular formula is C12H17BN6O2. The van der Waals surface area contributed by atoms with Gasteiger partial charge in [0.1, 0.15) is 5.82 Å². The van der Waals surface area contributed by atoms with Crippen molar-refractivity contribution in [3.05, 3.63) is 22.9 Å². The highest BCUT2D eigenvalue weighted by Gasteiger charge is 2.23. The Balaban J connectivity index is 1.88. The van der Waals surface area contributed by atoms with Crippen molar-refractivity contribution < 1.29 is 5.02 Å². The van der Waals surface area contributed by atoms with Crippen molar-refractivity contribution in [1.82, 2.24) is 24.3 Å². The number of aromatic nitrogens is 4. The quantitative estimate of drug-likeness (QED) is 0.706. The summed E-state index contributed by atoms with van der Waals surface area (Å²) in [5, 5.41) is 9.57. The molecule has 1 aliphatic rings. The van der Waals surface area contributed by atoms with Crippen LogP contribution in [0.25, 0.3) is 11.2 Å². The van der Waals surface area contributed by atoms with Crippen LogP contribution in [0.2, 0.25) is 6.82 Å². The van der Waals surface area contributed by atoms with E-state index < -0.39 is 7.05 Å². The van der Waals surface area contributed by atoms with Crippen LogP contribution in [0.5, 0.6) is 0 Å². The minimum absolute atomic E-state index is 0.197. The lowest BCUT2D eigenvalue weighted by Gasteiger charge is -2.35. The molecule has 0 aliphatic carbocycles. The van der Waals surface area contributed by atoms with E-state index in [1.165, 1.54) is 10.9 Å². The summed E-state index contributed by atoms with van der Waals surface area (Å²) in [6.45, 7) is 4.75. The van der Waals surface area contributed by atoms with E-state index in [9.17, 15) is 9.82 Å². The molecule has 0 saturated carbocycles. The fraction of sp³-hybridized carbons (Fsp3) is 0.500. The molecule has 0 unspecified atom stereocenters. The van der Waals surface area contributed by atoms with E-state index in [0.29, 0.717) is 11.5 Å². The predicted octanol–water partition coefficient (Wildman–Crippen LogP) is -1.04. The first-order valence-electron chi connectivity index (χ1n) is 6.91. The minimum Gasteiger partial charge on any atom is -0.437 e. The van der Waals surface area contributed by atoms with Gasteiger partial charge in [0.25, 0.3) is 5.56 Å². The molecule has 9 heteroatoms. The molecule has 0 atom stereocenters. The van der Waals surface area contributed by atoms with Gasteiger partial charge in [-0.05, 0) is 6.82 Å². The van der Waals surface area contributed by atoms with Gasteiger partial charge >= 0.3 is 7.05 Å². The highest BCUT2D eigenvalue weighted by molar-refractivity contribution is 6.45.